The Morgan fingerprint density at radius 2 is 2.12 bits per heavy atom. The molecule has 0 aliphatic carbocycles. The van der Waals surface area contributed by atoms with Crippen molar-refractivity contribution in [2.45, 2.75) is 25.4 Å². The van der Waals surface area contributed by atoms with E-state index in [0.29, 0.717) is 6.04 Å². The van der Waals surface area contributed by atoms with Gasteiger partial charge >= 0.3 is 0 Å². The molecule has 4 heteroatoms. The number of likely N-dealkylation sites (tertiary alicyclic amines) is 1. The maximum atomic E-state index is 6.12. The number of piperidine rings is 1. The molecule has 0 radical (unpaired) electrons. The second-order valence-electron chi connectivity index (χ2n) is 4.23. The molecule has 0 spiro atoms. The minimum atomic E-state index is 0. The third-order valence-corrected chi connectivity index (χ3v) is 3.26. The average molecular weight is 261 g/mol. The van der Waals surface area contributed by atoms with Gasteiger partial charge in [0.15, 0.2) is 0 Å². The van der Waals surface area contributed by atoms with Crippen LogP contribution in [-0.4, -0.2) is 24.0 Å². The van der Waals surface area contributed by atoms with Gasteiger partial charge in [-0.2, -0.15) is 0 Å². The fourth-order valence-corrected chi connectivity index (χ4v) is 2.30. The molecule has 1 aliphatic heterocycles. The van der Waals surface area contributed by atoms with Gasteiger partial charge in [0.2, 0.25) is 0 Å². The summed E-state index contributed by atoms with van der Waals surface area (Å²) in [4.78, 5) is 2.38. The van der Waals surface area contributed by atoms with Gasteiger partial charge < -0.3 is 5.73 Å². The fraction of sp³-hybridized carbons (Fsp3) is 0.500. The smallest absolute Gasteiger partial charge is 0.0451 e. The van der Waals surface area contributed by atoms with Gasteiger partial charge in [-0.1, -0.05) is 29.8 Å². The zero-order chi connectivity index (χ0) is 10.7. The van der Waals surface area contributed by atoms with Gasteiger partial charge in [-0.05, 0) is 31.0 Å². The van der Waals surface area contributed by atoms with Crippen LogP contribution in [0.2, 0.25) is 5.02 Å². The highest BCUT2D eigenvalue weighted by Crippen LogP contribution is 2.19. The summed E-state index contributed by atoms with van der Waals surface area (Å²) >= 11 is 6.12. The van der Waals surface area contributed by atoms with Crippen molar-refractivity contribution < 1.29 is 0 Å². The van der Waals surface area contributed by atoms with Crippen molar-refractivity contribution in [1.29, 1.82) is 0 Å². The lowest BCUT2D eigenvalue weighted by atomic mass is 10.1. The first kappa shape index (κ1) is 13.8. The van der Waals surface area contributed by atoms with Crippen LogP contribution in [0.1, 0.15) is 18.4 Å². The van der Waals surface area contributed by atoms with E-state index < -0.39 is 0 Å². The monoisotopic (exact) mass is 260 g/mol. The van der Waals surface area contributed by atoms with Gasteiger partial charge in [0.1, 0.15) is 0 Å². The zero-order valence-corrected chi connectivity index (χ0v) is 10.8. The van der Waals surface area contributed by atoms with E-state index in [4.69, 9.17) is 17.3 Å². The Kier molecular flexibility index (Phi) is 5.56. The Morgan fingerprint density at radius 3 is 2.81 bits per heavy atom. The fourth-order valence-electron chi connectivity index (χ4n) is 2.10. The molecule has 1 unspecified atom stereocenters. The van der Waals surface area contributed by atoms with Crippen LogP contribution in [0.25, 0.3) is 0 Å². The van der Waals surface area contributed by atoms with Crippen molar-refractivity contribution in [3.8, 4) is 0 Å². The molecule has 0 bridgehead atoms. The number of nitrogens with two attached hydrogens (primary N) is 1. The maximum absolute atomic E-state index is 6.12. The first-order valence-corrected chi connectivity index (χ1v) is 5.85. The largest absolute Gasteiger partial charge is 0.327 e. The molecular weight excluding hydrogens is 243 g/mol. The van der Waals surface area contributed by atoms with Crippen molar-refractivity contribution in [3.05, 3.63) is 34.9 Å². The van der Waals surface area contributed by atoms with Crippen LogP contribution in [-0.2, 0) is 6.54 Å². The normalized spacial score (nSPS) is 21.5. The molecule has 1 saturated heterocycles. The van der Waals surface area contributed by atoms with Crippen LogP contribution >= 0.6 is 24.0 Å². The molecule has 90 valence electrons. The topological polar surface area (TPSA) is 29.3 Å². The molecule has 1 aromatic carbocycles. The summed E-state index contributed by atoms with van der Waals surface area (Å²) in [5.41, 5.74) is 7.14. The molecule has 0 amide bonds. The molecule has 2 nitrogen and oxygen atoms in total. The highest BCUT2D eigenvalue weighted by molar-refractivity contribution is 6.31. The highest BCUT2D eigenvalue weighted by Gasteiger charge is 2.17. The van der Waals surface area contributed by atoms with Crippen molar-refractivity contribution in [2.75, 3.05) is 13.1 Å². The summed E-state index contributed by atoms with van der Waals surface area (Å²) in [5.74, 6) is 0. The van der Waals surface area contributed by atoms with Crippen molar-refractivity contribution in [2.24, 2.45) is 5.73 Å². The van der Waals surface area contributed by atoms with Gasteiger partial charge in [-0.15, -0.1) is 12.4 Å². The molecule has 0 aromatic heterocycles. The number of halogens is 2. The van der Waals surface area contributed by atoms with Gasteiger partial charge in [0.25, 0.3) is 0 Å². The van der Waals surface area contributed by atoms with Crippen LogP contribution in [0, 0.1) is 0 Å². The first-order chi connectivity index (χ1) is 7.25. The van der Waals surface area contributed by atoms with Crippen molar-refractivity contribution in [1.82, 2.24) is 4.90 Å². The van der Waals surface area contributed by atoms with Crippen LogP contribution in [0.5, 0.6) is 0 Å². The van der Waals surface area contributed by atoms with E-state index in [2.05, 4.69) is 11.0 Å². The van der Waals surface area contributed by atoms with E-state index in [0.717, 1.165) is 31.1 Å². The van der Waals surface area contributed by atoms with Crippen LogP contribution < -0.4 is 5.73 Å². The molecule has 1 aromatic rings. The van der Waals surface area contributed by atoms with E-state index in [1.54, 1.807) is 0 Å². The van der Waals surface area contributed by atoms with Gasteiger partial charge in [-0.25, -0.2) is 0 Å². The summed E-state index contributed by atoms with van der Waals surface area (Å²) in [6, 6.07) is 8.36. The standard InChI is InChI=1S/C12H17ClN2.ClH/c13-12-6-2-1-4-10(12)8-15-7-3-5-11(14)9-15;/h1-2,4,6,11H,3,5,7-9,14H2;1H. The molecule has 16 heavy (non-hydrogen) atoms. The van der Waals surface area contributed by atoms with Crippen LogP contribution in [0.15, 0.2) is 24.3 Å². The molecule has 1 heterocycles. The highest BCUT2D eigenvalue weighted by atomic mass is 35.5. The minimum absolute atomic E-state index is 0. The third kappa shape index (κ3) is 3.63. The summed E-state index contributed by atoms with van der Waals surface area (Å²) in [7, 11) is 0. The third-order valence-electron chi connectivity index (χ3n) is 2.89. The Balaban J connectivity index is 0.00000128. The lowest BCUT2D eigenvalue weighted by Crippen LogP contribution is -2.42. The zero-order valence-electron chi connectivity index (χ0n) is 9.23. The SMILES string of the molecule is Cl.NC1CCCN(Cc2ccccc2Cl)C1. The molecule has 1 atom stereocenters. The number of benzene rings is 1. The van der Waals surface area contributed by atoms with E-state index >= 15 is 0 Å². The van der Waals surface area contributed by atoms with Crippen molar-refractivity contribution >= 4 is 24.0 Å². The Labute approximate surface area is 108 Å². The molecule has 1 fully saturated rings. The summed E-state index contributed by atoms with van der Waals surface area (Å²) < 4.78 is 0. The van der Waals surface area contributed by atoms with Gasteiger partial charge in [0.05, 0.1) is 0 Å². The minimum Gasteiger partial charge on any atom is -0.327 e. The average Bonchev–Trinajstić information content (AvgIpc) is 2.22. The van der Waals surface area contributed by atoms with Crippen LogP contribution in [0.3, 0.4) is 0 Å². The predicted octanol–water partition coefficient (Wildman–Crippen LogP) is 2.68. The van der Waals surface area contributed by atoms with Gasteiger partial charge in [0, 0.05) is 24.2 Å². The van der Waals surface area contributed by atoms with E-state index in [1.807, 2.05) is 18.2 Å². The summed E-state index contributed by atoms with van der Waals surface area (Å²) in [5, 5.41) is 0.858. The molecule has 1 aliphatic rings. The van der Waals surface area contributed by atoms with Crippen LogP contribution in [0.4, 0.5) is 0 Å². The van der Waals surface area contributed by atoms with E-state index in [-0.39, 0.29) is 12.4 Å². The lowest BCUT2D eigenvalue weighted by Gasteiger charge is -2.30. The van der Waals surface area contributed by atoms with E-state index in [1.165, 1.54) is 12.0 Å². The second kappa shape index (κ2) is 6.45. The Hall–Kier alpha value is -0.280. The number of nitrogens with zero attached hydrogens (tertiary/aromatic N) is 1. The number of rotatable bonds is 2. The Bertz CT molecular complexity index is 331. The number of hydrogen-bond acceptors (Lipinski definition) is 2. The molecular formula is C12H18Cl2N2. The Morgan fingerprint density at radius 1 is 1.38 bits per heavy atom. The van der Waals surface area contributed by atoms with E-state index in [9.17, 15) is 0 Å². The van der Waals surface area contributed by atoms with Crippen molar-refractivity contribution in [3.63, 3.8) is 0 Å². The molecule has 0 saturated carbocycles. The first-order valence-electron chi connectivity index (χ1n) is 5.47. The second-order valence-corrected chi connectivity index (χ2v) is 4.64. The summed E-state index contributed by atoms with van der Waals surface area (Å²) in [6.07, 6.45) is 2.35. The molecule has 2 N–H and O–H groups in total. The lowest BCUT2D eigenvalue weighted by molar-refractivity contribution is 0.201. The predicted molar refractivity (Wildman–Crippen MR) is 71.2 cm³/mol. The summed E-state index contributed by atoms with van der Waals surface area (Å²) in [6.45, 7) is 3.05. The molecule has 2 rings (SSSR count). The number of hydrogen-bond donors (Lipinski definition) is 1. The van der Waals surface area contributed by atoms with Gasteiger partial charge in [-0.3, -0.25) is 4.90 Å². The maximum Gasteiger partial charge on any atom is 0.0451 e. The quantitative estimate of drug-likeness (QED) is 0.886.